The monoisotopic (exact) mass is 339 g/mol. The van der Waals surface area contributed by atoms with Crippen molar-refractivity contribution in [2.75, 3.05) is 6.54 Å². The molecule has 0 fully saturated rings. The van der Waals surface area contributed by atoms with Gasteiger partial charge in [0.1, 0.15) is 5.58 Å². The van der Waals surface area contributed by atoms with Crippen LogP contribution in [-0.4, -0.2) is 17.6 Å². The van der Waals surface area contributed by atoms with E-state index >= 15 is 0 Å². The van der Waals surface area contributed by atoms with E-state index in [4.69, 9.17) is 9.52 Å². The Hall–Kier alpha value is -1.66. The molecule has 0 aliphatic heterocycles. The molecule has 0 radical (unpaired) electrons. The van der Waals surface area contributed by atoms with E-state index in [0.29, 0.717) is 25.1 Å². The minimum atomic E-state index is -0.803. The van der Waals surface area contributed by atoms with E-state index in [-0.39, 0.29) is 6.42 Å². The third-order valence-corrected chi connectivity index (χ3v) is 3.35. The number of fused-ring (bicyclic) bond motifs is 1. The first kappa shape index (κ1) is 14.7. The highest BCUT2D eigenvalue weighted by Crippen LogP contribution is 2.21. The summed E-state index contributed by atoms with van der Waals surface area (Å²) in [5, 5.41) is 12.6. The van der Waals surface area contributed by atoms with Gasteiger partial charge in [0.05, 0.1) is 0 Å². The predicted octanol–water partition coefficient (Wildman–Crippen LogP) is 2.51. The first-order valence-corrected chi connectivity index (χ1v) is 7.00. The van der Waals surface area contributed by atoms with Crippen LogP contribution in [0.2, 0.25) is 0 Å². The van der Waals surface area contributed by atoms with Crippen LogP contribution in [-0.2, 0) is 11.3 Å². The number of nitrogens with one attached hydrogen (secondary N) is 1. The Kier molecular flexibility index (Phi) is 4.92. The molecule has 0 aliphatic carbocycles. The molecule has 2 rings (SSSR count). The van der Waals surface area contributed by atoms with Gasteiger partial charge in [-0.3, -0.25) is 4.79 Å². The molecule has 6 heteroatoms. The number of halogens is 1. The number of carboxylic acid groups (broad SMARTS) is 1. The fourth-order valence-electron chi connectivity index (χ4n) is 1.94. The van der Waals surface area contributed by atoms with Gasteiger partial charge < -0.3 is 14.8 Å². The molecule has 2 N–H and O–H groups in total. The summed E-state index contributed by atoms with van der Waals surface area (Å²) in [4.78, 5) is 21.9. The predicted molar refractivity (Wildman–Crippen MR) is 78.8 cm³/mol. The highest BCUT2D eigenvalue weighted by molar-refractivity contribution is 9.10. The van der Waals surface area contributed by atoms with E-state index in [1.807, 2.05) is 12.1 Å². The third kappa shape index (κ3) is 3.91. The fourth-order valence-corrected chi connectivity index (χ4v) is 2.28. The van der Waals surface area contributed by atoms with Crippen LogP contribution in [0.5, 0.6) is 0 Å². The van der Waals surface area contributed by atoms with Crippen molar-refractivity contribution in [1.29, 1.82) is 0 Å². The maximum absolute atomic E-state index is 11.5. The van der Waals surface area contributed by atoms with Crippen LogP contribution in [0, 0.1) is 0 Å². The van der Waals surface area contributed by atoms with Crippen LogP contribution in [0.25, 0.3) is 11.0 Å². The number of aliphatic carboxylic acids is 1. The largest absolute Gasteiger partial charge is 0.481 e. The molecule has 106 valence electrons. The summed E-state index contributed by atoms with van der Waals surface area (Å²) >= 11 is 3.33. The van der Waals surface area contributed by atoms with Crippen molar-refractivity contribution in [3.8, 4) is 0 Å². The fraction of sp³-hybridized carbons (Fsp3) is 0.286. The first-order chi connectivity index (χ1) is 9.56. The van der Waals surface area contributed by atoms with Crippen molar-refractivity contribution in [1.82, 2.24) is 5.32 Å². The van der Waals surface area contributed by atoms with Gasteiger partial charge in [-0.15, -0.1) is 0 Å². The second-order valence-corrected chi connectivity index (χ2v) is 5.32. The molecule has 0 spiro atoms. The van der Waals surface area contributed by atoms with Crippen molar-refractivity contribution >= 4 is 32.9 Å². The SMILES string of the molecule is O=C(O)CCCNCc1cc(=O)oc2cc(Br)ccc12. The van der Waals surface area contributed by atoms with Crippen molar-refractivity contribution in [3.05, 3.63) is 44.7 Å². The number of hydrogen-bond acceptors (Lipinski definition) is 4. The Morgan fingerprint density at radius 3 is 2.90 bits per heavy atom. The molecule has 0 unspecified atom stereocenters. The van der Waals surface area contributed by atoms with Crippen molar-refractivity contribution in [2.24, 2.45) is 0 Å². The zero-order valence-electron chi connectivity index (χ0n) is 10.7. The van der Waals surface area contributed by atoms with Gasteiger partial charge in [0, 0.05) is 28.9 Å². The average Bonchev–Trinajstić information content (AvgIpc) is 2.36. The minimum absolute atomic E-state index is 0.137. The van der Waals surface area contributed by atoms with Crippen molar-refractivity contribution in [2.45, 2.75) is 19.4 Å². The normalized spacial score (nSPS) is 10.8. The van der Waals surface area contributed by atoms with E-state index in [9.17, 15) is 9.59 Å². The number of carbonyl (C=O) groups is 1. The summed E-state index contributed by atoms with van der Waals surface area (Å²) in [6.45, 7) is 1.09. The maximum atomic E-state index is 11.5. The molecule has 1 aromatic carbocycles. The van der Waals surface area contributed by atoms with Crippen LogP contribution >= 0.6 is 15.9 Å². The van der Waals surface area contributed by atoms with E-state index in [1.54, 1.807) is 6.07 Å². The number of rotatable bonds is 6. The molecule has 0 aliphatic rings. The van der Waals surface area contributed by atoms with Gasteiger partial charge in [0.2, 0.25) is 0 Å². The van der Waals surface area contributed by atoms with Gasteiger partial charge in [-0.05, 0) is 36.7 Å². The average molecular weight is 340 g/mol. The lowest BCUT2D eigenvalue weighted by atomic mass is 10.1. The van der Waals surface area contributed by atoms with E-state index in [2.05, 4.69) is 21.2 Å². The van der Waals surface area contributed by atoms with Crippen LogP contribution in [0.15, 0.2) is 37.9 Å². The highest BCUT2D eigenvalue weighted by Gasteiger charge is 2.06. The summed E-state index contributed by atoms with van der Waals surface area (Å²) in [5.41, 5.74) is 0.992. The lowest BCUT2D eigenvalue weighted by Crippen LogP contribution is -2.17. The van der Waals surface area contributed by atoms with Gasteiger partial charge in [-0.1, -0.05) is 15.9 Å². The molecule has 20 heavy (non-hydrogen) atoms. The Morgan fingerprint density at radius 2 is 2.15 bits per heavy atom. The third-order valence-electron chi connectivity index (χ3n) is 2.85. The van der Waals surface area contributed by atoms with Gasteiger partial charge in [-0.2, -0.15) is 0 Å². The van der Waals surface area contributed by atoms with Gasteiger partial charge >= 0.3 is 11.6 Å². The number of carboxylic acids is 1. The molecule has 0 saturated heterocycles. The molecule has 0 atom stereocenters. The second-order valence-electron chi connectivity index (χ2n) is 4.41. The van der Waals surface area contributed by atoms with Crippen molar-refractivity contribution in [3.63, 3.8) is 0 Å². The molecule has 5 nitrogen and oxygen atoms in total. The van der Waals surface area contributed by atoms with E-state index < -0.39 is 11.6 Å². The summed E-state index contributed by atoms with van der Waals surface area (Å²) in [7, 11) is 0. The Labute approximate surface area is 123 Å². The van der Waals surface area contributed by atoms with Gasteiger partial charge in [0.15, 0.2) is 0 Å². The topological polar surface area (TPSA) is 79.5 Å². The van der Waals surface area contributed by atoms with E-state index in [0.717, 1.165) is 15.4 Å². The number of hydrogen-bond donors (Lipinski definition) is 2. The zero-order chi connectivity index (χ0) is 14.5. The van der Waals surface area contributed by atoms with Crippen LogP contribution in [0.3, 0.4) is 0 Å². The van der Waals surface area contributed by atoms with Crippen LogP contribution in [0.4, 0.5) is 0 Å². The Bertz CT molecular complexity index is 680. The minimum Gasteiger partial charge on any atom is -0.481 e. The molecular weight excluding hydrogens is 326 g/mol. The molecule has 0 saturated carbocycles. The second kappa shape index (κ2) is 6.67. The van der Waals surface area contributed by atoms with Crippen LogP contribution < -0.4 is 10.9 Å². The molecule has 0 bridgehead atoms. The highest BCUT2D eigenvalue weighted by atomic mass is 79.9. The quantitative estimate of drug-likeness (QED) is 0.624. The lowest BCUT2D eigenvalue weighted by molar-refractivity contribution is -0.137. The summed E-state index contributed by atoms with van der Waals surface area (Å²) in [6, 6.07) is 6.98. The summed E-state index contributed by atoms with van der Waals surface area (Å²) in [6.07, 6.45) is 0.692. The summed E-state index contributed by atoms with van der Waals surface area (Å²) < 4.78 is 6.00. The van der Waals surface area contributed by atoms with Crippen molar-refractivity contribution < 1.29 is 14.3 Å². The molecular formula is C14H14BrNO4. The Balaban J connectivity index is 2.09. The lowest BCUT2D eigenvalue weighted by Gasteiger charge is -2.07. The standard InChI is InChI=1S/C14H14BrNO4/c15-10-3-4-11-9(6-14(19)20-12(11)7-10)8-16-5-1-2-13(17)18/h3-4,6-7,16H,1-2,5,8H2,(H,17,18). The van der Waals surface area contributed by atoms with E-state index in [1.165, 1.54) is 6.07 Å². The van der Waals surface area contributed by atoms with Crippen LogP contribution in [0.1, 0.15) is 18.4 Å². The maximum Gasteiger partial charge on any atom is 0.336 e. The molecule has 2 aromatic rings. The first-order valence-electron chi connectivity index (χ1n) is 6.21. The zero-order valence-corrected chi connectivity index (χ0v) is 12.3. The molecule has 1 heterocycles. The summed E-state index contributed by atoms with van der Waals surface area (Å²) in [5.74, 6) is -0.803. The van der Waals surface area contributed by atoms with Gasteiger partial charge in [0.25, 0.3) is 0 Å². The molecule has 0 amide bonds. The van der Waals surface area contributed by atoms with Gasteiger partial charge in [-0.25, -0.2) is 4.79 Å². The number of benzene rings is 1. The molecule has 1 aromatic heterocycles. The smallest absolute Gasteiger partial charge is 0.336 e. The Morgan fingerprint density at radius 1 is 1.35 bits per heavy atom.